The molecular weight excluding hydrogens is 172 g/mol. The fraction of sp³-hybridized carbons (Fsp3) is 1.00. The number of piperidine rings is 1. The van der Waals surface area contributed by atoms with Gasteiger partial charge in [-0.3, -0.25) is 4.90 Å². The number of rotatable bonds is 4. The van der Waals surface area contributed by atoms with Crippen molar-refractivity contribution >= 4 is 0 Å². The van der Waals surface area contributed by atoms with Crippen molar-refractivity contribution < 1.29 is 0 Å². The molecule has 1 heterocycles. The van der Waals surface area contributed by atoms with Crippen LogP contribution in [0.15, 0.2) is 0 Å². The van der Waals surface area contributed by atoms with Gasteiger partial charge in [0.1, 0.15) is 0 Å². The van der Waals surface area contributed by atoms with Crippen molar-refractivity contribution in [3.8, 4) is 0 Å². The van der Waals surface area contributed by atoms with E-state index in [2.05, 4.69) is 11.8 Å². The summed E-state index contributed by atoms with van der Waals surface area (Å²) in [5.74, 6) is 1.88. The van der Waals surface area contributed by atoms with E-state index < -0.39 is 0 Å². The van der Waals surface area contributed by atoms with Crippen molar-refractivity contribution in [2.24, 2.45) is 17.6 Å². The summed E-state index contributed by atoms with van der Waals surface area (Å²) in [7, 11) is 0. The Balaban J connectivity index is 1.87. The molecule has 1 aliphatic heterocycles. The normalized spacial score (nSPS) is 31.7. The highest BCUT2D eigenvalue weighted by Crippen LogP contribution is 2.36. The maximum Gasteiger partial charge on any atom is 0.0246 e. The molecule has 1 saturated carbocycles. The van der Waals surface area contributed by atoms with E-state index in [1.807, 2.05) is 0 Å². The molecule has 2 rings (SSSR count). The summed E-state index contributed by atoms with van der Waals surface area (Å²) >= 11 is 0. The van der Waals surface area contributed by atoms with Crippen molar-refractivity contribution in [2.75, 3.05) is 19.6 Å². The van der Waals surface area contributed by atoms with Crippen molar-refractivity contribution in [3.63, 3.8) is 0 Å². The van der Waals surface area contributed by atoms with E-state index in [1.165, 1.54) is 45.2 Å². The summed E-state index contributed by atoms with van der Waals surface area (Å²) in [5.41, 5.74) is 5.89. The summed E-state index contributed by atoms with van der Waals surface area (Å²) in [5, 5.41) is 0. The van der Waals surface area contributed by atoms with E-state index in [0.29, 0.717) is 6.04 Å². The van der Waals surface area contributed by atoms with Crippen LogP contribution in [-0.2, 0) is 0 Å². The predicted octanol–water partition coefficient (Wildman–Crippen LogP) is 1.85. The molecular formula is C12H24N2. The van der Waals surface area contributed by atoms with Gasteiger partial charge in [0.2, 0.25) is 0 Å². The Bertz CT molecular complexity index is 177. The lowest BCUT2D eigenvalue weighted by Crippen LogP contribution is -2.47. The number of likely N-dealkylation sites (tertiary alicyclic amines) is 1. The van der Waals surface area contributed by atoms with Crippen LogP contribution >= 0.6 is 0 Å². The van der Waals surface area contributed by atoms with E-state index in [9.17, 15) is 0 Å². The SMILES string of the molecule is CCC1CCCN(C(CN)C2CC2)C1. The summed E-state index contributed by atoms with van der Waals surface area (Å²) in [4.78, 5) is 2.68. The molecule has 2 atom stereocenters. The monoisotopic (exact) mass is 196 g/mol. The van der Waals surface area contributed by atoms with Gasteiger partial charge in [-0.2, -0.15) is 0 Å². The first kappa shape index (κ1) is 10.4. The molecule has 0 spiro atoms. The molecule has 0 bridgehead atoms. The van der Waals surface area contributed by atoms with E-state index in [-0.39, 0.29) is 0 Å². The fourth-order valence-corrected chi connectivity index (χ4v) is 2.85. The first-order valence-corrected chi connectivity index (χ1v) is 6.29. The summed E-state index contributed by atoms with van der Waals surface area (Å²) < 4.78 is 0. The first-order chi connectivity index (χ1) is 6.85. The third-order valence-electron chi connectivity index (χ3n) is 4.00. The molecule has 2 nitrogen and oxygen atoms in total. The second kappa shape index (κ2) is 4.63. The second-order valence-corrected chi connectivity index (χ2v) is 5.05. The Kier molecular flexibility index (Phi) is 3.45. The van der Waals surface area contributed by atoms with Crippen molar-refractivity contribution in [2.45, 2.75) is 45.1 Å². The van der Waals surface area contributed by atoms with Crippen LogP contribution in [0.4, 0.5) is 0 Å². The second-order valence-electron chi connectivity index (χ2n) is 5.05. The molecule has 2 fully saturated rings. The number of hydrogen-bond acceptors (Lipinski definition) is 2. The maximum atomic E-state index is 5.89. The topological polar surface area (TPSA) is 29.3 Å². The number of hydrogen-bond donors (Lipinski definition) is 1. The van der Waals surface area contributed by atoms with Crippen molar-refractivity contribution in [1.82, 2.24) is 4.90 Å². The highest BCUT2D eigenvalue weighted by atomic mass is 15.2. The van der Waals surface area contributed by atoms with Crippen LogP contribution < -0.4 is 5.73 Å². The van der Waals surface area contributed by atoms with Gasteiger partial charge >= 0.3 is 0 Å². The third-order valence-corrected chi connectivity index (χ3v) is 4.00. The summed E-state index contributed by atoms with van der Waals surface area (Å²) in [6, 6.07) is 0.712. The molecule has 2 unspecified atom stereocenters. The fourth-order valence-electron chi connectivity index (χ4n) is 2.85. The number of nitrogens with zero attached hydrogens (tertiary/aromatic N) is 1. The number of nitrogens with two attached hydrogens (primary N) is 1. The van der Waals surface area contributed by atoms with Crippen LogP contribution in [0.1, 0.15) is 39.0 Å². The van der Waals surface area contributed by atoms with E-state index in [4.69, 9.17) is 5.73 Å². The lowest BCUT2D eigenvalue weighted by atomic mass is 9.93. The Morgan fingerprint density at radius 2 is 2.14 bits per heavy atom. The van der Waals surface area contributed by atoms with E-state index in [1.54, 1.807) is 0 Å². The predicted molar refractivity (Wildman–Crippen MR) is 60.2 cm³/mol. The maximum absolute atomic E-state index is 5.89. The average molecular weight is 196 g/mol. The van der Waals surface area contributed by atoms with Gasteiger partial charge in [0.05, 0.1) is 0 Å². The van der Waals surface area contributed by atoms with Gasteiger partial charge in [0, 0.05) is 19.1 Å². The molecule has 1 saturated heterocycles. The Hall–Kier alpha value is -0.0800. The standard InChI is InChI=1S/C12H24N2/c1-2-10-4-3-7-14(9-10)12(8-13)11-5-6-11/h10-12H,2-9,13H2,1H3. The van der Waals surface area contributed by atoms with Crippen LogP contribution in [0, 0.1) is 11.8 Å². The zero-order valence-corrected chi connectivity index (χ0v) is 9.41. The zero-order chi connectivity index (χ0) is 9.97. The van der Waals surface area contributed by atoms with Crippen molar-refractivity contribution in [3.05, 3.63) is 0 Å². The molecule has 82 valence electrons. The quantitative estimate of drug-likeness (QED) is 0.743. The Morgan fingerprint density at radius 1 is 1.36 bits per heavy atom. The molecule has 1 aliphatic carbocycles. The summed E-state index contributed by atoms with van der Waals surface area (Å²) in [6.07, 6.45) is 7.03. The molecule has 2 N–H and O–H groups in total. The van der Waals surface area contributed by atoms with E-state index in [0.717, 1.165) is 18.4 Å². The van der Waals surface area contributed by atoms with Gasteiger partial charge < -0.3 is 5.73 Å². The van der Waals surface area contributed by atoms with Crippen molar-refractivity contribution in [1.29, 1.82) is 0 Å². The smallest absolute Gasteiger partial charge is 0.0246 e. The average Bonchev–Trinajstić information content (AvgIpc) is 3.04. The molecule has 0 aromatic carbocycles. The minimum absolute atomic E-state index is 0.712. The highest BCUT2D eigenvalue weighted by Gasteiger charge is 2.35. The molecule has 0 aromatic heterocycles. The van der Waals surface area contributed by atoms with Gasteiger partial charge in [-0.15, -0.1) is 0 Å². The van der Waals surface area contributed by atoms with Crippen LogP contribution in [-0.4, -0.2) is 30.6 Å². The van der Waals surface area contributed by atoms with Gasteiger partial charge in [0.15, 0.2) is 0 Å². The summed E-state index contributed by atoms with van der Waals surface area (Å²) in [6.45, 7) is 5.81. The zero-order valence-electron chi connectivity index (χ0n) is 9.41. The highest BCUT2D eigenvalue weighted by molar-refractivity contribution is 4.90. The minimum atomic E-state index is 0.712. The molecule has 0 amide bonds. The lowest BCUT2D eigenvalue weighted by molar-refractivity contribution is 0.112. The molecule has 2 aliphatic rings. The third kappa shape index (κ3) is 2.29. The first-order valence-electron chi connectivity index (χ1n) is 6.29. The molecule has 0 aromatic rings. The Morgan fingerprint density at radius 3 is 2.71 bits per heavy atom. The van der Waals surface area contributed by atoms with Gasteiger partial charge in [0.25, 0.3) is 0 Å². The van der Waals surface area contributed by atoms with E-state index >= 15 is 0 Å². The van der Waals surface area contributed by atoms with Crippen LogP contribution in [0.5, 0.6) is 0 Å². The van der Waals surface area contributed by atoms with Crippen LogP contribution in [0.2, 0.25) is 0 Å². The molecule has 2 heteroatoms. The Labute approximate surface area is 87.8 Å². The van der Waals surface area contributed by atoms with Crippen LogP contribution in [0.25, 0.3) is 0 Å². The van der Waals surface area contributed by atoms with Gasteiger partial charge in [-0.1, -0.05) is 13.3 Å². The largest absolute Gasteiger partial charge is 0.329 e. The van der Waals surface area contributed by atoms with Crippen LogP contribution in [0.3, 0.4) is 0 Å². The lowest BCUT2D eigenvalue weighted by Gasteiger charge is -2.37. The molecule has 0 radical (unpaired) electrons. The van der Waals surface area contributed by atoms with Gasteiger partial charge in [-0.25, -0.2) is 0 Å². The molecule has 14 heavy (non-hydrogen) atoms. The minimum Gasteiger partial charge on any atom is -0.329 e. The van der Waals surface area contributed by atoms with Gasteiger partial charge in [-0.05, 0) is 44.1 Å².